The Bertz CT molecular complexity index is 1210. The van der Waals surface area contributed by atoms with E-state index < -0.39 is 18.5 Å². The molecular formula is C27H28N2O7. The molecule has 2 N–H and O–H groups in total. The molecule has 0 bridgehead atoms. The summed E-state index contributed by atoms with van der Waals surface area (Å²) in [7, 11) is 4.57. The van der Waals surface area contributed by atoms with Crippen molar-refractivity contribution in [2.45, 2.75) is 12.8 Å². The Kier molecular flexibility index (Phi) is 9.27. The highest BCUT2D eigenvalue weighted by Crippen LogP contribution is 2.28. The van der Waals surface area contributed by atoms with Gasteiger partial charge >= 0.3 is 5.97 Å². The van der Waals surface area contributed by atoms with Gasteiger partial charge in [-0.05, 0) is 48.4 Å². The second-order valence-electron chi connectivity index (χ2n) is 7.63. The van der Waals surface area contributed by atoms with Crippen molar-refractivity contribution in [3.05, 3.63) is 77.9 Å². The van der Waals surface area contributed by atoms with E-state index in [0.29, 0.717) is 29.3 Å². The summed E-state index contributed by atoms with van der Waals surface area (Å²) in [4.78, 5) is 37.5. The molecule has 0 radical (unpaired) electrons. The standard InChI is InChI=1S/C27H28N2O7/c1-33-19-11-8-18(9-12-19)10-15-25(30)28-22-7-5-4-6-21(22)27(32)36-17-26(31)29-23-16-20(34-2)13-14-24(23)35-3/h4-9,11-14,16H,10,15,17H2,1-3H3,(H,28,30)(H,29,31). The SMILES string of the molecule is COc1ccc(CCC(=O)Nc2ccccc2C(=O)OCC(=O)Nc2cc(OC)ccc2OC)cc1. The van der Waals surface area contributed by atoms with Crippen molar-refractivity contribution < 1.29 is 33.3 Å². The van der Waals surface area contributed by atoms with E-state index >= 15 is 0 Å². The molecule has 0 saturated heterocycles. The van der Waals surface area contributed by atoms with Gasteiger partial charge in [0, 0.05) is 12.5 Å². The molecule has 0 aliphatic carbocycles. The number of rotatable bonds is 11. The zero-order chi connectivity index (χ0) is 25.9. The van der Waals surface area contributed by atoms with Gasteiger partial charge in [0.1, 0.15) is 17.2 Å². The van der Waals surface area contributed by atoms with Gasteiger partial charge < -0.3 is 29.6 Å². The van der Waals surface area contributed by atoms with Crippen LogP contribution >= 0.6 is 0 Å². The largest absolute Gasteiger partial charge is 0.497 e. The molecule has 2 amide bonds. The van der Waals surface area contributed by atoms with Crippen molar-refractivity contribution in [3.8, 4) is 17.2 Å². The summed E-state index contributed by atoms with van der Waals surface area (Å²) in [6.45, 7) is -0.529. The summed E-state index contributed by atoms with van der Waals surface area (Å²) in [5.41, 5.74) is 1.80. The van der Waals surface area contributed by atoms with Crippen molar-refractivity contribution in [1.29, 1.82) is 0 Å². The number of hydrogen-bond acceptors (Lipinski definition) is 7. The van der Waals surface area contributed by atoms with Crippen molar-refractivity contribution in [3.63, 3.8) is 0 Å². The summed E-state index contributed by atoms with van der Waals surface area (Å²) in [5, 5.41) is 5.37. The summed E-state index contributed by atoms with van der Waals surface area (Å²) in [6, 6.07) is 18.8. The summed E-state index contributed by atoms with van der Waals surface area (Å²) >= 11 is 0. The van der Waals surface area contributed by atoms with E-state index in [9.17, 15) is 14.4 Å². The maximum absolute atomic E-state index is 12.7. The highest BCUT2D eigenvalue weighted by Gasteiger charge is 2.17. The Morgan fingerprint density at radius 1 is 0.722 bits per heavy atom. The smallest absolute Gasteiger partial charge is 0.340 e. The lowest BCUT2D eigenvalue weighted by molar-refractivity contribution is -0.119. The van der Waals surface area contributed by atoms with Crippen LogP contribution in [0.2, 0.25) is 0 Å². The third kappa shape index (κ3) is 7.23. The molecule has 0 aliphatic rings. The number of methoxy groups -OCH3 is 3. The highest BCUT2D eigenvalue weighted by molar-refractivity contribution is 6.02. The molecule has 0 fully saturated rings. The first kappa shape index (κ1) is 26.1. The minimum Gasteiger partial charge on any atom is -0.497 e. The van der Waals surface area contributed by atoms with Gasteiger partial charge in [-0.1, -0.05) is 24.3 Å². The normalized spacial score (nSPS) is 10.2. The third-order valence-corrected chi connectivity index (χ3v) is 5.24. The first-order valence-corrected chi connectivity index (χ1v) is 11.1. The van der Waals surface area contributed by atoms with Crippen LogP contribution in [0.3, 0.4) is 0 Å². The summed E-state index contributed by atoms with van der Waals surface area (Å²) < 4.78 is 20.7. The molecule has 0 saturated carbocycles. The van der Waals surface area contributed by atoms with Crippen molar-refractivity contribution in [2.24, 2.45) is 0 Å². The van der Waals surface area contributed by atoms with Crippen LogP contribution < -0.4 is 24.8 Å². The van der Waals surface area contributed by atoms with Crippen LogP contribution in [0, 0.1) is 0 Å². The predicted octanol–water partition coefficient (Wildman–Crippen LogP) is 4.08. The molecule has 0 unspecified atom stereocenters. The van der Waals surface area contributed by atoms with Gasteiger partial charge in [0.05, 0.1) is 38.3 Å². The topological polar surface area (TPSA) is 112 Å². The summed E-state index contributed by atoms with van der Waals surface area (Å²) in [5.74, 6) is 0.142. The molecule has 0 spiro atoms. The number of amides is 2. The minimum atomic E-state index is -0.742. The molecule has 3 rings (SSSR count). The van der Waals surface area contributed by atoms with Gasteiger partial charge in [0.2, 0.25) is 5.91 Å². The molecule has 3 aromatic rings. The number of carbonyl (C=O) groups excluding carboxylic acids is 3. The van der Waals surface area contributed by atoms with Crippen LogP contribution in [0.15, 0.2) is 66.7 Å². The maximum atomic E-state index is 12.7. The van der Waals surface area contributed by atoms with Crippen molar-refractivity contribution in [1.82, 2.24) is 0 Å². The first-order valence-electron chi connectivity index (χ1n) is 11.1. The number of anilines is 2. The fraction of sp³-hybridized carbons (Fsp3) is 0.222. The summed E-state index contributed by atoms with van der Waals surface area (Å²) in [6.07, 6.45) is 0.747. The Morgan fingerprint density at radius 3 is 2.08 bits per heavy atom. The van der Waals surface area contributed by atoms with Crippen LogP contribution in [0.4, 0.5) is 11.4 Å². The minimum absolute atomic E-state index is 0.141. The van der Waals surface area contributed by atoms with E-state index in [0.717, 1.165) is 11.3 Å². The third-order valence-electron chi connectivity index (χ3n) is 5.24. The van der Waals surface area contributed by atoms with E-state index in [4.69, 9.17) is 18.9 Å². The van der Waals surface area contributed by atoms with Crippen molar-refractivity contribution >= 4 is 29.2 Å². The second-order valence-corrected chi connectivity index (χ2v) is 7.63. The van der Waals surface area contributed by atoms with Gasteiger partial charge in [-0.25, -0.2) is 4.79 Å². The lowest BCUT2D eigenvalue weighted by Gasteiger charge is -2.13. The number of benzene rings is 3. The molecule has 9 nitrogen and oxygen atoms in total. The van der Waals surface area contributed by atoms with E-state index in [1.165, 1.54) is 20.3 Å². The fourth-order valence-electron chi connectivity index (χ4n) is 3.34. The molecule has 9 heteroatoms. The van der Waals surface area contributed by atoms with Crippen LogP contribution in [0.1, 0.15) is 22.3 Å². The van der Waals surface area contributed by atoms with Crippen molar-refractivity contribution in [2.75, 3.05) is 38.6 Å². The van der Waals surface area contributed by atoms with Gasteiger partial charge in [0.15, 0.2) is 6.61 Å². The van der Waals surface area contributed by atoms with Crippen LogP contribution in [0.25, 0.3) is 0 Å². The number of nitrogens with one attached hydrogen (secondary N) is 2. The van der Waals surface area contributed by atoms with Crippen LogP contribution in [0.5, 0.6) is 17.2 Å². The lowest BCUT2D eigenvalue weighted by Crippen LogP contribution is -2.22. The number of esters is 1. The quantitative estimate of drug-likeness (QED) is 0.388. The first-order chi connectivity index (χ1) is 17.4. The van der Waals surface area contributed by atoms with E-state index in [2.05, 4.69) is 10.6 Å². The molecule has 188 valence electrons. The average Bonchev–Trinajstić information content (AvgIpc) is 2.91. The monoisotopic (exact) mass is 492 g/mol. The van der Waals surface area contributed by atoms with E-state index in [1.54, 1.807) is 43.5 Å². The maximum Gasteiger partial charge on any atom is 0.340 e. The molecule has 0 aromatic heterocycles. The van der Waals surface area contributed by atoms with E-state index in [1.807, 2.05) is 24.3 Å². The highest BCUT2D eigenvalue weighted by atomic mass is 16.5. The Labute approximate surface area is 209 Å². The number of ether oxygens (including phenoxy) is 4. The molecular weight excluding hydrogens is 464 g/mol. The van der Waals surface area contributed by atoms with Crippen LogP contribution in [-0.4, -0.2) is 45.7 Å². The number of para-hydroxylation sites is 1. The molecule has 0 heterocycles. The van der Waals surface area contributed by atoms with Gasteiger partial charge in [-0.3, -0.25) is 9.59 Å². The van der Waals surface area contributed by atoms with Gasteiger partial charge in [-0.15, -0.1) is 0 Å². The molecule has 0 aliphatic heterocycles. The predicted molar refractivity (Wildman–Crippen MR) is 135 cm³/mol. The zero-order valence-corrected chi connectivity index (χ0v) is 20.3. The number of aryl methyl sites for hydroxylation is 1. The molecule has 36 heavy (non-hydrogen) atoms. The van der Waals surface area contributed by atoms with Crippen LogP contribution in [-0.2, 0) is 20.7 Å². The second kappa shape index (κ2) is 12.8. The number of carbonyl (C=O) groups is 3. The molecule has 0 atom stereocenters. The average molecular weight is 493 g/mol. The lowest BCUT2D eigenvalue weighted by atomic mass is 10.1. The number of hydrogen-bond donors (Lipinski definition) is 2. The Balaban J connectivity index is 1.56. The Morgan fingerprint density at radius 2 is 1.39 bits per heavy atom. The molecule has 3 aromatic carbocycles. The van der Waals surface area contributed by atoms with Gasteiger partial charge in [-0.2, -0.15) is 0 Å². The Hall–Kier alpha value is -4.53. The van der Waals surface area contributed by atoms with Gasteiger partial charge in [0.25, 0.3) is 5.91 Å². The van der Waals surface area contributed by atoms with E-state index in [-0.39, 0.29) is 17.9 Å². The fourth-order valence-corrected chi connectivity index (χ4v) is 3.34. The zero-order valence-electron chi connectivity index (χ0n) is 20.3.